The lowest BCUT2D eigenvalue weighted by molar-refractivity contribution is -0.120. The van der Waals surface area contributed by atoms with Gasteiger partial charge in [0, 0.05) is 7.05 Å². The number of aromatic nitrogens is 2. The van der Waals surface area contributed by atoms with Crippen molar-refractivity contribution in [2.75, 3.05) is 0 Å². The summed E-state index contributed by atoms with van der Waals surface area (Å²) in [6.07, 6.45) is 1.74. The highest BCUT2D eigenvalue weighted by molar-refractivity contribution is 6.30. The van der Waals surface area contributed by atoms with E-state index in [0.717, 1.165) is 11.5 Å². The van der Waals surface area contributed by atoms with E-state index in [1.807, 2.05) is 18.5 Å². The molecule has 0 spiro atoms. The first kappa shape index (κ1) is 11.0. The molecule has 78 valence electrons. The SMILES string of the molecule is Cc1ncc(CNC(=O)C(C)Cl)n1C. The van der Waals surface area contributed by atoms with Crippen LogP contribution in [-0.2, 0) is 18.4 Å². The molecule has 0 aliphatic rings. The number of alkyl halides is 1. The Morgan fingerprint density at radius 1 is 1.79 bits per heavy atom. The summed E-state index contributed by atoms with van der Waals surface area (Å²) >= 11 is 5.60. The van der Waals surface area contributed by atoms with Crippen molar-refractivity contribution in [2.24, 2.45) is 7.05 Å². The molecule has 1 N–H and O–H groups in total. The van der Waals surface area contributed by atoms with E-state index >= 15 is 0 Å². The Morgan fingerprint density at radius 3 is 2.86 bits per heavy atom. The molecule has 0 saturated carbocycles. The van der Waals surface area contributed by atoms with Crippen LogP contribution in [0.4, 0.5) is 0 Å². The van der Waals surface area contributed by atoms with Crippen LogP contribution in [0.25, 0.3) is 0 Å². The summed E-state index contributed by atoms with van der Waals surface area (Å²) in [5, 5.41) is 2.22. The van der Waals surface area contributed by atoms with Gasteiger partial charge in [0.2, 0.25) is 5.91 Å². The number of rotatable bonds is 3. The van der Waals surface area contributed by atoms with Gasteiger partial charge in [-0.05, 0) is 13.8 Å². The first-order chi connectivity index (χ1) is 6.52. The van der Waals surface area contributed by atoms with Crippen LogP contribution in [0.5, 0.6) is 0 Å². The van der Waals surface area contributed by atoms with Crippen LogP contribution >= 0.6 is 11.6 Å². The van der Waals surface area contributed by atoms with Gasteiger partial charge < -0.3 is 9.88 Å². The molecule has 1 atom stereocenters. The molecule has 14 heavy (non-hydrogen) atoms. The van der Waals surface area contributed by atoms with Crippen molar-refractivity contribution in [2.45, 2.75) is 25.8 Å². The molecule has 0 radical (unpaired) electrons. The molecular formula is C9H14ClN3O. The Bertz CT molecular complexity index is 333. The number of carbonyl (C=O) groups is 1. The molecule has 0 fully saturated rings. The van der Waals surface area contributed by atoms with Crippen LogP contribution in [0, 0.1) is 6.92 Å². The van der Waals surface area contributed by atoms with Gasteiger partial charge in [0.25, 0.3) is 0 Å². The van der Waals surface area contributed by atoms with Gasteiger partial charge in [0.05, 0.1) is 18.4 Å². The van der Waals surface area contributed by atoms with Crippen LogP contribution in [0.15, 0.2) is 6.20 Å². The quantitative estimate of drug-likeness (QED) is 0.764. The summed E-state index contributed by atoms with van der Waals surface area (Å²) in [7, 11) is 1.91. The van der Waals surface area contributed by atoms with Gasteiger partial charge in [-0.2, -0.15) is 0 Å². The first-order valence-electron chi connectivity index (χ1n) is 4.41. The Hall–Kier alpha value is -1.03. The van der Waals surface area contributed by atoms with Crippen molar-refractivity contribution < 1.29 is 4.79 Å². The van der Waals surface area contributed by atoms with Gasteiger partial charge in [-0.15, -0.1) is 11.6 Å². The number of nitrogens with one attached hydrogen (secondary N) is 1. The van der Waals surface area contributed by atoms with Gasteiger partial charge in [0.15, 0.2) is 0 Å². The van der Waals surface area contributed by atoms with E-state index in [2.05, 4.69) is 10.3 Å². The van der Waals surface area contributed by atoms with Gasteiger partial charge in [-0.3, -0.25) is 4.79 Å². The zero-order valence-corrected chi connectivity index (χ0v) is 9.30. The fraction of sp³-hybridized carbons (Fsp3) is 0.556. The number of aryl methyl sites for hydroxylation is 1. The number of halogens is 1. The fourth-order valence-electron chi connectivity index (χ4n) is 1.03. The Labute approximate surface area is 88.3 Å². The van der Waals surface area contributed by atoms with Crippen LogP contribution in [-0.4, -0.2) is 20.8 Å². The lowest BCUT2D eigenvalue weighted by atomic mass is 10.4. The smallest absolute Gasteiger partial charge is 0.238 e. The monoisotopic (exact) mass is 215 g/mol. The Morgan fingerprint density at radius 2 is 2.43 bits per heavy atom. The van der Waals surface area contributed by atoms with Gasteiger partial charge >= 0.3 is 0 Å². The molecule has 1 heterocycles. The zero-order chi connectivity index (χ0) is 10.7. The molecule has 0 bridgehead atoms. The van der Waals surface area contributed by atoms with E-state index in [1.165, 1.54) is 0 Å². The maximum absolute atomic E-state index is 11.2. The minimum Gasteiger partial charge on any atom is -0.349 e. The second-order valence-electron chi connectivity index (χ2n) is 3.19. The van der Waals surface area contributed by atoms with E-state index in [-0.39, 0.29) is 5.91 Å². The predicted molar refractivity (Wildman–Crippen MR) is 55.1 cm³/mol. The van der Waals surface area contributed by atoms with Crippen molar-refractivity contribution in [1.29, 1.82) is 0 Å². The summed E-state index contributed by atoms with van der Waals surface area (Å²) in [5.74, 6) is 0.763. The molecule has 4 nitrogen and oxygen atoms in total. The summed E-state index contributed by atoms with van der Waals surface area (Å²) in [4.78, 5) is 15.3. The number of hydrogen-bond acceptors (Lipinski definition) is 2. The molecule has 1 rings (SSSR count). The highest BCUT2D eigenvalue weighted by Gasteiger charge is 2.09. The highest BCUT2D eigenvalue weighted by Crippen LogP contribution is 2.01. The van der Waals surface area contributed by atoms with Crippen molar-refractivity contribution in [3.63, 3.8) is 0 Å². The lowest BCUT2D eigenvalue weighted by Crippen LogP contribution is -2.29. The molecule has 0 aliphatic heterocycles. The average Bonchev–Trinajstić information content (AvgIpc) is 2.44. The molecular weight excluding hydrogens is 202 g/mol. The third kappa shape index (κ3) is 2.48. The fourth-order valence-corrected chi connectivity index (χ4v) is 1.11. The first-order valence-corrected chi connectivity index (χ1v) is 4.85. The second-order valence-corrected chi connectivity index (χ2v) is 3.84. The van der Waals surface area contributed by atoms with Crippen LogP contribution in [0.1, 0.15) is 18.4 Å². The highest BCUT2D eigenvalue weighted by atomic mass is 35.5. The number of amides is 1. The topological polar surface area (TPSA) is 46.9 Å². The summed E-state index contributed by atoms with van der Waals surface area (Å²) in [6.45, 7) is 4.02. The number of carbonyl (C=O) groups excluding carboxylic acids is 1. The zero-order valence-electron chi connectivity index (χ0n) is 8.54. The number of hydrogen-bond donors (Lipinski definition) is 1. The van der Waals surface area contributed by atoms with E-state index < -0.39 is 5.38 Å². The predicted octanol–water partition coefficient (Wildman–Crippen LogP) is 0.972. The van der Waals surface area contributed by atoms with Crippen molar-refractivity contribution >= 4 is 17.5 Å². The van der Waals surface area contributed by atoms with Crippen LogP contribution < -0.4 is 5.32 Å². The minimum atomic E-state index is -0.496. The molecule has 1 aromatic rings. The largest absolute Gasteiger partial charge is 0.349 e. The van der Waals surface area contributed by atoms with E-state index in [4.69, 9.17) is 11.6 Å². The Balaban J connectivity index is 2.54. The maximum Gasteiger partial charge on any atom is 0.238 e. The lowest BCUT2D eigenvalue weighted by Gasteiger charge is -2.07. The third-order valence-electron chi connectivity index (χ3n) is 2.12. The third-order valence-corrected chi connectivity index (χ3v) is 2.32. The summed E-state index contributed by atoms with van der Waals surface area (Å²) in [5.41, 5.74) is 0.966. The van der Waals surface area contributed by atoms with E-state index in [1.54, 1.807) is 13.1 Å². The molecule has 0 saturated heterocycles. The number of imidazole rings is 1. The molecule has 1 unspecified atom stereocenters. The standard InChI is InChI=1S/C9H14ClN3O/c1-6(10)9(14)12-5-8-4-11-7(2)13(8)3/h4,6H,5H2,1-3H3,(H,12,14). The summed E-state index contributed by atoms with van der Waals surface area (Å²) in [6, 6.07) is 0. The van der Waals surface area contributed by atoms with Crippen molar-refractivity contribution in [3.05, 3.63) is 17.7 Å². The molecule has 1 amide bonds. The maximum atomic E-state index is 11.2. The second kappa shape index (κ2) is 4.46. The summed E-state index contributed by atoms with van der Waals surface area (Å²) < 4.78 is 1.93. The van der Waals surface area contributed by atoms with Crippen LogP contribution in [0.3, 0.4) is 0 Å². The Kier molecular flexibility index (Phi) is 3.52. The van der Waals surface area contributed by atoms with Crippen molar-refractivity contribution in [1.82, 2.24) is 14.9 Å². The molecule has 0 aromatic carbocycles. The normalized spacial score (nSPS) is 12.6. The number of nitrogens with zero attached hydrogens (tertiary/aromatic N) is 2. The van der Waals surface area contributed by atoms with Gasteiger partial charge in [-0.1, -0.05) is 0 Å². The minimum absolute atomic E-state index is 0.162. The molecule has 5 heteroatoms. The van der Waals surface area contributed by atoms with Gasteiger partial charge in [0.1, 0.15) is 11.2 Å². The van der Waals surface area contributed by atoms with Gasteiger partial charge in [-0.25, -0.2) is 4.98 Å². The molecule has 0 aliphatic carbocycles. The van der Waals surface area contributed by atoms with E-state index in [0.29, 0.717) is 6.54 Å². The van der Waals surface area contributed by atoms with Crippen LogP contribution in [0.2, 0.25) is 0 Å². The average molecular weight is 216 g/mol. The molecule has 1 aromatic heterocycles. The van der Waals surface area contributed by atoms with Crippen molar-refractivity contribution in [3.8, 4) is 0 Å². The van der Waals surface area contributed by atoms with E-state index in [9.17, 15) is 4.79 Å².